The number of nitrogens with zero attached hydrogens (tertiary/aromatic N) is 5. The van der Waals surface area contributed by atoms with Crippen LogP contribution in [0.2, 0.25) is 0 Å². The van der Waals surface area contributed by atoms with Gasteiger partial charge in [-0.1, -0.05) is 212 Å². The Labute approximate surface area is 365 Å². The quantitative estimate of drug-likeness (QED) is 0.113. The first-order valence-electron chi connectivity index (χ1n) is 21.4. The van der Waals surface area contributed by atoms with Crippen LogP contribution in [0.3, 0.4) is 0 Å². The highest BCUT2D eigenvalue weighted by Crippen LogP contribution is 2.34. The fourth-order valence-corrected chi connectivity index (χ4v) is 14.6. The predicted molar refractivity (Wildman–Crippen MR) is 263 cm³/mol. The van der Waals surface area contributed by atoms with Gasteiger partial charge in [-0.3, -0.25) is 9.13 Å². The molecule has 0 atom stereocenters. The summed E-state index contributed by atoms with van der Waals surface area (Å²) in [5, 5.41) is 9.72. The summed E-state index contributed by atoms with van der Waals surface area (Å²) in [6, 6.07) is 85.1. The van der Waals surface area contributed by atoms with Crippen LogP contribution in [0, 0.1) is 0 Å². The third-order valence-corrected chi connectivity index (χ3v) is 17.3. The fourth-order valence-electron chi connectivity index (χ4n) is 9.79. The van der Waals surface area contributed by atoms with Crippen molar-refractivity contribution < 1.29 is 0 Å². The molecule has 0 spiro atoms. The van der Waals surface area contributed by atoms with Crippen LogP contribution in [0.5, 0.6) is 0 Å². The molecular formula is C57H39N5Si. The number of fused-ring (bicyclic) bond motifs is 6. The first kappa shape index (κ1) is 36.6. The molecule has 12 rings (SSSR count). The van der Waals surface area contributed by atoms with Crippen LogP contribution < -0.4 is 20.7 Å². The number of hydrogen-bond donors (Lipinski definition) is 0. The van der Waals surface area contributed by atoms with Crippen molar-refractivity contribution in [2.45, 2.75) is 0 Å². The maximum Gasteiger partial charge on any atom is 0.240 e. The molecule has 0 radical (unpaired) electrons. The summed E-state index contributed by atoms with van der Waals surface area (Å²) in [6.07, 6.45) is 0. The van der Waals surface area contributed by atoms with Gasteiger partial charge in [0.05, 0.1) is 22.1 Å². The van der Waals surface area contributed by atoms with E-state index in [1.165, 1.54) is 31.9 Å². The van der Waals surface area contributed by atoms with Gasteiger partial charge in [-0.15, -0.1) is 0 Å². The van der Waals surface area contributed by atoms with Crippen LogP contribution >= 0.6 is 0 Å². The molecule has 3 aromatic heterocycles. The van der Waals surface area contributed by atoms with Gasteiger partial charge in [0.2, 0.25) is 11.9 Å². The van der Waals surface area contributed by atoms with Crippen LogP contribution in [0.25, 0.3) is 78.0 Å². The van der Waals surface area contributed by atoms with Crippen molar-refractivity contribution in [2.75, 3.05) is 0 Å². The smallest absolute Gasteiger partial charge is 0.240 e. The largest absolute Gasteiger partial charge is 0.278 e. The minimum absolute atomic E-state index is 0.560. The molecule has 3 heterocycles. The molecule has 63 heavy (non-hydrogen) atoms. The van der Waals surface area contributed by atoms with Gasteiger partial charge >= 0.3 is 0 Å². The summed E-state index contributed by atoms with van der Waals surface area (Å²) in [4.78, 5) is 16.3. The van der Waals surface area contributed by atoms with E-state index < -0.39 is 8.07 Å². The topological polar surface area (TPSA) is 48.5 Å². The number of benzene rings is 9. The molecule has 9 aromatic carbocycles. The number of para-hydroxylation sites is 4. The van der Waals surface area contributed by atoms with Crippen molar-refractivity contribution in [3.8, 4) is 34.4 Å². The predicted octanol–water partition coefficient (Wildman–Crippen LogP) is 10.8. The van der Waals surface area contributed by atoms with Crippen LogP contribution in [0.15, 0.2) is 237 Å². The van der Waals surface area contributed by atoms with E-state index in [9.17, 15) is 0 Å². The van der Waals surface area contributed by atoms with Crippen molar-refractivity contribution in [3.63, 3.8) is 0 Å². The Morgan fingerprint density at radius 2 is 0.603 bits per heavy atom. The van der Waals surface area contributed by atoms with E-state index in [1.54, 1.807) is 0 Å². The summed E-state index contributed by atoms with van der Waals surface area (Å²) in [5.41, 5.74) is 7.45. The van der Waals surface area contributed by atoms with Gasteiger partial charge in [-0.2, -0.15) is 15.0 Å². The van der Waals surface area contributed by atoms with Gasteiger partial charge in [-0.05, 0) is 56.1 Å². The average Bonchev–Trinajstić information content (AvgIpc) is 3.89. The molecule has 0 aliphatic rings. The lowest BCUT2D eigenvalue weighted by molar-refractivity contribution is 0.893. The van der Waals surface area contributed by atoms with Gasteiger partial charge in [0.15, 0.2) is 13.9 Å². The molecule has 0 unspecified atom stereocenters. The molecule has 0 saturated heterocycles. The number of rotatable bonds is 8. The monoisotopic (exact) mass is 821 g/mol. The third kappa shape index (κ3) is 5.95. The second kappa shape index (κ2) is 15.1. The Morgan fingerprint density at radius 3 is 1.05 bits per heavy atom. The lowest BCUT2D eigenvalue weighted by Crippen LogP contribution is -2.74. The standard InChI is InChI=1S/C57H39N5Si/c1-4-20-40(21-5-1)41-22-18-28-45(38-41)63(43-24-6-2-7-25-43,44-26-8-3-9-27-44)46-29-19-23-42(39-46)55-58-56(61-51-34-14-10-30-47(51)48-31-11-15-35-52(48)61)60-57(59-55)62-53-36-16-12-32-49(53)50-33-13-17-37-54(50)62/h1-39H. The van der Waals surface area contributed by atoms with Crippen molar-refractivity contribution in [3.05, 3.63) is 237 Å². The van der Waals surface area contributed by atoms with E-state index in [-0.39, 0.29) is 0 Å². The summed E-state index contributed by atoms with van der Waals surface area (Å²) in [6.45, 7) is 0. The van der Waals surface area contributed by atoms with E-state index in [4.69, 9.17) is 15.0 Å². The average molecular weight is 822 g/mol. The molecule has 0 amide bonds. The zero-order valence-corrected chi connectivity index (χ0v) is 35.3. The molecule has 0 N–H and O–H groups in total. The molecule has 6 heteroatoms. The van der Waals surface area contributed by atoms with Crippen molar-refractivity contribution in [2.24, 2.45) is 0 Å². The molecular weight excluding hydrogens is 783 g/mol. The molecule has 0 fully saturated rings. The second-order valence-electron chi connectivity index (χ2n) is 16.0. The first-order valence-corrected chi connectivity index (χ1v) is 23.4. The maximum atomic E-state index is 5.45. The van der Waals surface area contributed by atoms with Gasteiger partial charge in [0, 0.05) is 27.1 Å². The van der Waals surface area contributed by atoms with Crippen molar-refractivity contribution >= 4 is 72.4 Å². The first-order chi connectivity index (χ1) is 31.3. The highest BCUT2D eigenvalue weighted by Gasteiger charge is 2.42. The molecule has 296 valence electrons. The summed E-state index contributed by atoms with van der Waals surface area (Å²) in [7, 11) is -2.99. The SMILES string of the molecule is c1ccc(-c2cccc([Si](c3ccccc3)(c3ccccc3)c3cccc(-c4nc(-n5c6ccccc6c6ccccc65)nc(-n5c6ccccc6c6ccccc65)n4)c3)c2)cc1. The van der Waals surface area contributed by atoms with E-state index in [0.29, 0.717) is 17.7 Å². The van der Waals surface area contributed by atoms with Crippen LogP contribution in [0.4, 0.5) is 0 Å². The minimum atomic E-state index is -2.99. The van der Waals surface area contributed by atoms with Crippen molar-refractivity contribution in [1.29, 1.82) is 0 Å². The third-order valence-electron chi connectivity index (χ3n) is 12.5. The summed E-state index contributed by atoms with van der Waals surface area (Å²) < 4.78 is 4.39. The Kier molecular flexibility index (Phi) is 8.76. The Balaban J connectivity index is 1.15. The molecule has 0 bridgehead atoms. The maximum absolute atomic E-state index is 5.45. The molecule has 0 aliphatic heterocycles. The lowest BCUT2D eigenvalue weighted by atomic mass is 10.1. The Bertz CT molecular complexity index is 3360. The summed E-state index contributed by atoms with van der Waals surface area (Å²) in [5.74, 6) is 1.72. The Hall–Kier alpha value is -8.19. The second-order valence-corrected chi connectivity index (χ2v) is 19.8. The normalized spacial score (nSPS) is 11.8. The van der Waals surface area contributed by atoms with Crippen LogP contribution in [0.1, 0.15) is 0 Å². The van der Waals surface area contributed by atoms with E-state index in [2.05, 4.69) is 246 Å². The van der Waals surface area contributed by atoms with E-state index >= 15 is 0 Å². The molecule has 0 saturated carbocycles. The number of aromatic nitrogens is 5. The van der Waals surface area contributed by atoms with Crippen LogP contribution in [-0.2, 0) is 0 Å². The van der Waals surface area contributed by atoms with Crippen molar-refractivity contribution in [1.82, 2.24) is 24.1 Å². The zero-order chi connectivity index (χ0) is 41.7. The van der Waals surface area contributed by atoms with Gasteiger partial charge < -0.3 is 0 Å². The van der Waals surface area contributed by atoms with Gasteiger partial charge in [0.25, 0.3) is 0 Å². The van der Waals surface area contributed by atoms with Gasteiger partial charge in [-0.25, -0.2) is 0 Å². The van der Waals surface area contributed by atoms with E-state index in [0.717, 1.165) is 49.2 Å². The fraction of sp³-hybridized carbons (Fsp3) is 0. The number of hydrogen-bond acceptors (Lipinski definition) is 3. The van der Waals surface area contributed by atoms with Gasteiger partial charge in [0.1, 0.15) is 0 Å². The minimum Gasteiger partial charge on any atom is -0.278 e. The highest BCUT2D eigenvalue weighted by atomic mass is 28.3. The Morgan fingerprint density at radius 1 is 0.270 bits per heavy atom. The molecule has 0 aliphatic carbocycles. The van der Waals surface area contributed by atoms with E-state index in [1.807, 2.05) is 0 Å². The highest BCUT2D eigenvalue weighted by molar-refractivity contribution is 7.20. The van der Waals surface area contributed by atoms with Crippen LogP contribution in [-0.4, -0.2) is 32.2 Å². The zero-order valence-electron chi connectivity index (χ0n) is 34.3. The summed E-state index contributed by atoms with van der Waals surface area (Å²) >= 11 is 0. The molecule has 5 nitrogen and oxygen atoms in total. The lowest BCUT2D eigenvalue weighted by Gasteiger charge is -2.35. The molecule has 12 aromatic rings.